The number of nitrogens with zero attached hydrogens (tertiary/aromatic N) is 1. The maximum atomic E-state index is 12.4. The van der Waals surface area contributed by atoms with Crippen LogP contribution in [-0.4, -0.2) is 43.5 Å². The molecular formula is C17H20N2O5S. The van der Waals surface area contributed by atoms with Crippen molar-refractivity contribution in [2.45, 2.75) is 30.4 Å². The molecule has 0 bridgehead atoms. The molecule has 2 heterocycles. The third kappa shape index (κ3) is 4.28. The van der Waals surface area contributed by atoms with Crippen LogP contribution < -0.4 is 4.72 Å². The first-order chi connectivity index (χ1) is 12.0. The Hall–Kier alpha value is -2.16. The van der Waals surface area contributed by atoms with Gasteiger partial charge in [-0.25, -0.2) is 13.1 Å². The minimum Gasteiger partial charge on any atom is -0.468 e. The lowest BCUT2D eigenvalue weighted by Gasteiger charge is -2.30. The molecule has 134 valence electrons. The maximum Gasteiger partial charge on any atom is 0.253 e. The van der Waals surface area contributed by atoms with Crippen molar-refractivity contribution in [2.75, 3.05) is 13.1 Å². The van der Waals surface area contributed by atoms with Crippen molar-refractivity contribution in [3.8, 4) is 0 Å². The first-order valence-electron chi connectivity index (χ1n) is 8.05. The number of aliphatic hydroxyl groups is 1. The average molecular weight is 364 g/mol. The number of carbonyl (C=O) groups excluding carboxylic acids is 1. The van der Waals surface area contributed by atoms with Gasteiger partial charge in [0.2, 0.25) is 10.0 Å². The summed E-state index contributed by atoms with van der Waals surface area (Å²) < 4.78 is 32.1. The van der Waals surface area contributed by atoms with Crippen LogP contribution >= 0.6 is 0 Å². The number of amides is 1. The van der Waals surface area contributed by atoms with Crippen molar-refractivity contribution >= 4 is 15.9 Å². The van der Waals surface area contributed by atoms with Gasteiger partial charge in [0.25, 0.3) is 5.91 Å². The molecule has 1 atom stereocenters. The maximum absolute atomic E-state index is 12.4. The van der Waals surface area contributed by atoms with Gasteiger partial charge in [0.1, 0.15) is 5.76 Å². The van der Waals surface area contributed by atoms with E-state index in [1.165, 1.54) is 30.5 Å². The fourth-order valence-electron chi connectivity index (χ4n) is 2.76. The van der Waals surface area contributed by atoms with Crippen molar-refractivity contribution < 1.29 is 22.7 Å². The van der Waals surface area contributed by atoms with E-state index in [0.29, 0.717) is 30.8 Å². The Labute approximate surface area is 146 Å². The van der Waals surface area contributed by atoms with Gasteiger partial charge in [-0.2, -0.15) is 0 Å². The van der Waals surface area contributed by atoms with Crippen LogP contribution in [0.4, 0.5) is 0 Å². The molecule has 0 radical (unpaired) electrons. The number of hydrogen-bond acceptors (Lipinski definition) is 5. The molecule has 2 aromatic rings. The second-order valence-corrected chi connectivity index (χ2v) is 7.74. The van der Waals surface area contributed by atoms with Gasteiger partial charge in [0, 0.05) is 18.7 Å². The first kappa shape index (κ1) is 17.7. The van der Waals surface area contributed by atoms with E-state index in [2.05, 4.69) is 4.72 Å². The van der Waals surface area contributed by atoms with E-state index >= 15 is 0 Å². The molecule has 0 spiro atoms. The molecule has 1 saturated heterocycles. The lowest BCUT2D eigenvalue weighted by molar-refractivity contribution is 0.0473. The number of rotatable bonds is 5. The van der Waals surface area contributed by atoms with Gasteiger partial charge in [0.15, 0.2) is 0 Å². The van der Waals surface area contributed by atoms with Crippen LogP contribution in [0, 0.1) is 0 Å². The fraction of sp³-hybridized carbons (Fsp3) is 0.353. The lowest BCUT2D eigenvalue weighted by Crippen LogP contribution is -2.42. The highest BCUT2D eigenvalue weighted by atomic mass is 32.2. The zero-order chi connectivity index (χ0) is 17.9. The van der Waals surface area contributed by atoms with E-state index in [1.807, 2.05) is 0 Å². The summed E-state index contributed by atoms with van der Waals surface area (Å²) in [5.41, 5.74) is 0.402. The van der Waals surface area contributed by atoms with Crippen molar-refractivity contribution in [3.63, 3.8) is 0 Å². The predicted molar refractivity (Wildman–Crippen MR) is 90.3 cm³/mol. The first-order valence-corrected chi connectivity index (χ1v) is 9.53. The highest BCUT2D eigenvalue weighted by Crippen LogP contribution is 2.16. The molecule has 1 aliphatic heterocycles. The zero-order valence-electron chi connectivity index (χ0n) is 13.6. The summed E-state index contributed by atoms with van der Waals surface area (Å²) in [6.45, 7) is 0.964. The Balaban J connectivity index is 1.67. The van der Waals surface area contributed by atoms with Crippen LogP contribution in [0.5, 0.6) is 0 Å². The van der Waals surface area contributed by atoms with Crippen LogP contribution in [0.2, 0.25) is 0 Å². The SMILES string of the molecule is O=C(c1ccc(S(=O)(=O)NCc2ccco2)cc1)N1CCC[C@@H](O)C1. The number of carbonyl (C=O) groups is 1. The molecule has 1 aromatic heterocycles. The Morgan fingerprint density at radius 2 is 2.04 bits per heavy atom. The second-order valence-electron chi connectivity index (χ2n) is 5.98. The van der Waals surface area contributed by atoms with E-state index < -0.39 is 16.1 Å². The average Bonchev–Trinajstić information content (AvgIpc) is 3.13. The number of aliphatic hydroxyl groups excluding tert-OH is 1. The van der Waals surface area contributed by atoms with Crippen molar-refractivity contribution in [1.82, 2.24) is 9.62 Å². The van der Waals surface area contributed by atoms with Gasteiger partial charge in [0.05, 0.1) is 23.8 Å². The van der Waals surface area contributed by atoms with Crippen LogP contribution in [-0.2, 0) is 16.6 Å². The monoisotopic (exact) mass is 364 g/mol. The lowest BCUT2D eigenvalue weighted by atomic mass is 10.1. The summed E-state index contributed by atoms with van der Waals surface area (Å²) in [5, 5.41) is 9.67. The topological polar surface area (TPSA) is 99.8 Å². The molecule has 1 amide bonds. The number of nitrogens with one attached hydrogen (secondary N) is 1. The molecule has 8 heteroatoms. The van der Waals surface area contributed by atoms with Gasteiger partial charge in [-0.05, 0) is 49.2 Å². The van der Waals surface area contributed by atoms with Crippen LogP contribution in [0.3, 0.4) is 0 Å². The predicted octanol–water partition coefficient (Wildman–Crippen LogP) is 1.35. The van der Waals surface area contributed by atoms with Crippen LogP contribution in [0.1, 0.15) is 29.0 Å². The largest absolute Gasteiger partial charge is 0.468 e. The number of piperidine rings is 1. The third-order valence-electron chi connectivity index (χ3n) is 4.11. The third-order valence-corrected chi connectivity index (χ3v) is 5.53. The number of β-amino-alcohol motifs (C(OH)–C–C–N with tert-alkyl or cyclic N) is 1. The normalized spacial score (nSPS) is 18.3. The van der Waals surface area contributed by atoms with E-state index in [1.54, 1.807) is 17.0 Å². The molecule has 0 saturated carbocycles. The Morgan fingerprint density at radius 1 is 1.28 bits per heavy atom. The quantitative estimate of drug-likeness (QED) is 0.834. The molecule has 25 heavy (non-hydrogen) atoms. The summed E-state index contributed by atoms with van der Waals surface area (Å²) >= 11 is 0. The summed E-state index contributed by atoms with van der Waals surface area (Å²) in [6.07, 6.45) is 2.43. The van der Waals surface area contributed by atoms with Crippen LogP contribution in [0.25, 0.3) is 0 Å². The van der Waals surface area contributed by atoms with Gasteiger partial charge in [-0.15, -0.1) is 0 Å². The summed E-state index contributed by atoms with van der Waals surface area (Å²) in [5.74, 6) is 0.310. The molecule has 0 aliphatic carbocycles. The van der Waals surface area contributed by atoms with Gasteiger partial charge in [-0.3, -0.25) is 4.79 Å². The minimum atomic E-state index is -3.69. The van der Waals surface area contributed by atoms with E-state index in [0.717, 1.165) is 6.42 Å². The smallest absolute Gasteiger partial charge is 0.253 e. The van der Waals surface area contributed by atoms with Gasteiger partial charge >= 0.3 is 0 Å². The summed E-state index contributed by atoms with van der Waals surface area (Å²) in [4.78, 5) is 14.1. The summed E-state index contributed by atoms with van der Waals surface area (Å²) in [7, 11) is -3.69. The van der Waals surface area contributed by atoms with Gasteiger partial charge in [-0.1, -0.05) is 0 Å². The Kier molecular flexibility index (Phi) is 5.22. The summed E-state index contributed by atoms with van der Waals surface area (Å²) in [6, 6.07) is 9.14. The second kappa shape index (κ2) is 7.38. The minimum absolute atomic E-state index is 0.0572. The zero-order valence-corrected chi connectivity index (χ0v) is 14.4. The number of hydrogen-bond donors (Lipinski definition) is 2. The molecular weight excluding hydrogens is 344 g/mol. The number of benzene rings is 1. The number of likely N-dealkylation sites (tertiary alicyclic amines) is 1. The van der Waals surface area contributed by atoms with E-state index in [9.17, 15) is 18.3 Å². The molecule has 1 fully saturated rings. The van der Waals surface area contributed by atoms with Crippen molar-refractivity contribution in [3.05, 3.63) is 54.0 Å². The van der Waals surface area contributed by atoms with Crippen molar-refractivity contribution in [2.24, 2.45) is 0 Å². The highest BCUT2D eigenvalue weighted by molar-refractivity contribution is 7.89. The fourth-order valence-corrected chi connectivity index (χ4v) is 3.75. The Morgan fingerprint density at radius 3 is 2.68 bits per heavy atom. The van der Waals surface area contributed by atoms with Crippen molar-refractivity contribution in [1.29, 1.82) is 0 Å². The Bertz CT molecular complexity index is 815. The number of sulfonamides is 1. The number of furan rings is 1. The van der Waals surface area contributed by atoms with Crippen LogP contribution in [0.15, 0.2) is 52.0 Å². The van der Waals surface area contributed by atoms with E-state index in [-0.39, 0.29) is 17.3 Å². The standard InChI is InChI=1S/C17H20N2O5S/c20-14-3-1-9-19(12-14)17(21)13-5-7-16(8-6-13)25(22,23)18-11-15-4-2-10-24-15/h2,4-8,10,14,18,20H,1,3,9,11-12H2/t14-/m1/s1. The van der Waals surface area contributed by atoms with Gasteiger partial charge < -0.3 is 14.4 Å². The van der Waals surface area contributed by atoms with E-state index in [4.69, 9.17) is 4.42 Å². The highest BCUT2D eigenvalue weighted by Gasteiger charge is 2.23. The molecule has 3 rings (SSSR count). The molecule has 2 N–H and O–H groups in total. The molecule has 1 aromatic carbocycles. The molecule has 7 nitrogen and oxygen atoms in total. The molecule has 0 unspecified atom stereocenters. The molecule has 1 aliphatic rings.